The summed E-state index contributed by atoms with van der Waals surface area (Å²) in [5, 5.41) is 11.9. The Labute approximate surface area is 189 Å². The first-order chi connectivity index (χ1) is 15.2. The number of thiophene rings is 1. The number of non-ortho nitro benzene ring substituents is 1. The van der Waals surface area contributed by atoms with E-state index in [-0.39, 0.29) is 22.2 Å². The van der Waals surface area contributed by atoms with E-state index in [4.69, 9.17) is 0 Å². The predicted molar refractivity (Wildman–Crippen MR) is 123 cm³/mol. The fourth-order valence-corrected chi connectivity index (χ4v) is 5.29. The number of rotatable bonds is 7. The molecule has 0 unspecified atom stereocenters. The Morgan fingerprint density at radius 1 is 1.09 bits per heavy atom. The van der Waals surface area contributed by atoms with Crippen molar-refractivity contribution in [2.45, 2.75) is 6.42 Å². The molecule has 0 N–H and O–H groups in total. The minimum atomic E-state index is -0.780. The number of nitrogens with zero attached hydrogens (tertiary/aromatic N) is 4. The number of carbonyl (C=O) groups is 1. The average molecular weight is 477 g/mol. The maximum absolute atomic E-state index is 14.2. The van der Waals surface area contributed by atoms with Gasteiger partial charge in [0.2, 0.25) is 0 Å². The first-order valence-corrected chi connectivity index (χ1v) is 11.3. The molecule has 0 aliphatic carbocycles. The van der Waals surface area contributed by atoms with E-state index in [1.54, 1.807) is 12.1 Å². The molecule has 0 saturated heterocycles. The van der Waals surface area contributed by atoms with Crippen LogP contribution >= 0.6 is 22.7 Å². The number of nitro benzene ring substituents is 1. The average Bonchev–Trinajstić information content (AvgIpc) is 3.34. The Kier molecular flexibility index (Phi) is 6.13. The molecule has 2 aromatic heterocycles. The molecule has 1 amide bonds. The predicted octanol–water partition coefficient (Wildman–Crippen LogP) is 5.30. The fraction of sp³-hybridized carbons (Fsp3) is 0.238. The number of anilines is 1. The van der Waals surface area contributed by atoms with Crippen LogP contribution < -0.4 is 4.90 Å². The van der Waals surface area contributed by atoms with Crippen LogP contribution in [0.25, 0.3) is 20.3 Å². The lowest BCUT2D eigenvalue weighted by atomic mass is 10.2. The van der Waals surface area contributed by atoms with Crippen LogP contribution in [0.15, 0.2) is 36.4 Å². The van der Waals surface area contributed by atoms with Gasteiger partial charge in [-0.05, 0) is 45.3 Å². The summed E-state index contributed by atoms with van der Waals surface area (Å²) in [5.41, 5.74) is -0.0374. The SMILES string of the molecule is CN(C)CCCN(C(=O)c1cc2cc([N+](=O)[O-])ccc2s1)c1nc2c(F)cc(F)cc2s1. The number of hydrogen-bond acceptors (Lipinski definition) is 7. The van der Waals surface area contributed by atoms with E-state index in [0.717, 1.165) is 28.6 Å². The number of fused-ring (bicyclic) bond motifs is 2. The maximum atomic E-state index is 14.2. The smallest absolute Gasteiger partial charge is 0.270 e. The number of amides is 1. The first-order valence-electron chi connectivity index (χ1n) is 9.63. The number of benzene rings is 2. The summed E-state index contributed by atoms with van der Waals surface area (Å²) in [5.74, 6) is -1.83. The Hall–Kier alpha value is -3.02. The third-order valence-electron chi connectivity index (χ3n) is 4.79. The zero-order valence-corrected chi connectivity index (χ0v) is 18.8. The zero-order chi connectivity index (χ0) is 23.0. The van der Waals surface area contributed by atoms with Crippen LogP contribution in [0, 0.1) is 21.7 Å². The second kappa shape index (κ2) is 8.85. The second-order valence-corrected chi connectivity index (χ2v) is 9.53. The van der Waals surface area contributed by atoms with Crippen molar-refractivity contribution in [3.63, 3.8) is 0 Å². The summed E-state index contributed by atoms with van der Waals surface area (Å²) >= 11 is 2.26. The van der Waals surface area contributed by atoms with Crippen molar-refractivity contribution in [2.24, 2.45) is 0 Å². The summed E-state index contributed by atoms with van der Waals surface area (Å²) < 4.78 is 28.9. The number of thiazole rings is 1. The molecule has 2 aromatic carbocycles. The van der Waals surface area contributed by atoms with Gasteiger partial charge in [-0.25, -0.2) is 13.8 Å². The van der Waals surface area contributed by atoms with E-state index in [1.165, 1.54) is 34.4 Å². The quantitative estimate of drug-likeness (QED) is 0.267. The largest absolute Gasteiger partial charge is 0.309 e. The molecule has 166 valence electrons. The van der Waals surface area contributed by atoms with Gasteiger partial charge in [0, 0.05) is 34.8 Å². The van der Waals surface area contributed by atoms with Crippen LogP contribution in [0.2, 0.25) is 0 Å². The van der Waals surface area contributed by atoms with Crippen molar-refractivity contribution in [3.8, 4) is 0 Å². The normalized spacial score (nSPS) is 11.5. The van der Waals surface area contributed by atoms with Crippen LogP contribution in [0.4, 0.5) is 19.6 Å². The molecule has 11 heteroatoms. The Balaban J connectivity index is 1.73. The number of hydrogen-bond donors (Lipinski definition) is 0. The van der Waals surface area contributed by atoms with Gasteiger partial charge in [0.1, 0.15) is 11.3 Å². The van der Waals surface area contributed by atoms with Gasteiger partial charge in [-0.2, -0.15) is 0 Å². The van der Waals surface area contributed by atoms with Crippen molar-refractivity contribution in [3.05, 3.63) is 63.0 Å². The highest BCUT2D eigenvalue weighted by Gasteiger charge is 2.24. The highest BCUT2D eigenvalue weighted by atomic mass is 32.1. The van der Waals surface area contributed by atoms with Crippen molar-refractivity contribution in [1.29, 1.82) is 0 Å². The van der Waals surface area contributed by atoms with Gasteiger partial charge >= 0.3 is 0 Å². The molecular formula is C21H18F2N4O3S2. The molecule has 0 fully saturated rings. The van der Waals surface area contributed by atoms with Gasteiger partial charge in [-0.1, -0.05) is 11.3 Å². The Morgan fingerprint density at radius 2 is 1.88 bits per heavy atom. The molecular weight excluding hydrogens is 458 g/mol. The van der Waals surface area contributed by atoms with E-state index in [0.29, 0.717) is 27.9 Å². The standard InChI is InChI=1S/C21H18F2N4O3S2/c1-25(2)6-3-7-26(21-24-19-15(23)10-13(22)11-17(19)32-21)20(28)18-9-12-8-14(27(29)30)4-5-16(12)31-18/h4-5,8-11H,3,6-7H2,1-2H3. The highest BCUT2D eigenvalue weighted by molar-refractivity contribution is 7.23. The monoisotopic (exact) mass is 476 g/mol. The minimum Gasteiger partial charge on any atom is -0.309 e. The van der Waals surface area contributed by atoms with E-state index < -0.39 is 16.6 Å². The highest BCUT2D eigenvalue weighted by Crippen LogP contribution is 2.34. The number of carbonyl (C=O) groups excluding carboxylic acids is 1. The van der Waals surface area contributed by atoms with Crippen LogP contribution in [0.1, 0.15) is 16.1 Å². The molecule has 4 rings (SSSR count). The van der Waals surface area contributed by atoms with Gasteiger partial charge in [-0.3, -0.25) is 19.8 Å². The van der Waals surface area contributed by atoms with E-state index in [1.807, 2.05) is 19.0 Å². The lowest BCUT2D eigenvalue weighted by Crippen LogP contribution is -2.33. The summed E-state index contributed by atoms with van der Waals surface area (Å²) in [7, 11) is 3.84. The minimum absolute atomic E-state index is 0.0174. The van der Waals surface area contributed by atoms with Crippen molar-refractivity contribution in [1.82, 2.24) is 9.88 Å². The van der Waals surface area contributed by atoms with Gasteiger partial charge in [0.05, 0.1) is 14.5 Å². The lowest BCUT2D eigenvalue weighted by Gasteiger charge is -2.20. The third-order valence-corrected chi connectivity index (χ3v) is 6.92. The van der Waals surface area contributed by atoms with Gasteiger partial charge in [0.25, 0.3) is 11.6 Å². The van der Waals surface area contributed by atoms with E-state index in [2.05, 4.69) is 4.98 Å². The molecule has 7 nitrogen and oxygen atoms in total. The molecule has 0 aliphatic heterocycles. The maximum Gasteiger partial charge on any atom is 0.270 e. The van der Waals surface area contributed by atoms with Crippen LogP contribution in [0.5, 0.6) is 0 Å². The number of nitro groups is 1. The molecule has 0 radical (unpaired) electrons. The van der Waals surface area contributed by atoms with Gasteiger partial charge < -0.3 is 4.90 Å². The molecule has 4 aromatic rings. The van der Waals surface area contributed by atoms with E-state index >= 15 is 0 Å². The first kappa shape index (κ1) is 22.2. The zero-order valence-electron chi connectivity index (χ0n) is 17.2. The summed E-state index contributed by atoms with van der Waals surface area (Å²) in [4.78, 5) is 32.1. The van der Waals surface area contributed by atoms with Crippen molar-refractivity contribution >= 4 is 59.7 Å². The van der Waals surface area contributed by atoms with Crippen LogP contribution in [-0.2, 0) is 0 Å². The summed E-state index contributed by atoms with van der Waals surface area (Å²) in [6.07, 6.45) is 0.641. The topological polar surface area (TPSA) is 79.6 Å². The fourth-order valence-electron chi connectivity index (χ4n) is 3.27. The molecule has 0 aliphatic rings. The van der Waals surface area contributed by atoms with E-state index in [9.17, 15) is 23.7 Å². The third kappa shape index (κ3) is 4.45. The molecule has 0 spiro atoms. The van der Waals surface area contributed by atoms with Crippen LogP contribution in [0.3, 0.4) is 0 Å². The second-order valence-electron chi connectivity index (χ2n) is 7.43. The van der Waals surface area contributed by atoms with Gasteiger partial charge in [0.15, 0.2) is 10.9 Å². The van der Waals surface area contributed by atoms with Crippen LogP contribution in [-0.4, -0.2) is 47.9 Å². The Morgan fingerprint density at radius 3 is 2.59 bits per heavy atom. The molecule has 0 atom stereocenters. The molecule has 32 heavy (non-hydrogen) atoms. The molecule has 2 heterocycles. The number of halogens is 2. The summed E-state index contributed by atoms with van der Waals surface area (Å²) in [6.45, 7) is 1.05. The van der Waals surface area contributed by atoms with Crippen molar-refractivity contribution < 1.29 is 18.5 Å². The molecule has 0 bridgehead atoms. The van der Waals surface area contributed by atoms with Crippen molar-refractivity contribution in [2.75, 3.05) is 32.1 Å². The number of aromatic nitrogens is 1. The Bertz CT molecular complexity index is 1340. The van der Waals surface area contributed by atoms with Gasteiger partial charge in [-0.15, -0.1) is 11.3 Å². The molecule has 0 saturated carbocycles. The lowest BCUT2D eigenvalue weighted by molar-refractivity contribution is -0.384. The summed E-state index contributed by atoms with van der Waals surface area (Å²) in [6, 6.07) is 8.01.